The van der Waals surface area contributed by atoms with Crippen molar-refractivity contribution in [2.24, 2.45) is 5.92 Å². The molecule has 0 radical (unpaired) electrons. The molecule has 0 unspecified atom stereocenters. The first-order valence-corrected chi connectivity index (χ1v) is 14.2. The summed E-state index contributed by atoms with van der Waals surface area (Å²) < 4.78 is 0. The summed E-state index contributed by atoms with van der Waals surface area (Å²) >= 11 is 0. The maximum atomic E-state index is 4.51. The van der Waals surface area contributed by atoms with Gasteiger partial charge in [-0.2, -0.15) is 0 Å². The lowest BCUT2D eigenvalue weighted by molar-refractivity contribution is 0.0828. The highest BCUT2D eigenvalue weighted by Gasteiger charge is 2.29. The van der Waals surface area contributed by atoms with Crippen LogP contribution < -0.4 is 4.90 Å². The van der Waals surface area contributed by atoms with Gasteiger partial charge in [-0.25, -0.2) is 4.98 Å². The maximum absolute atomic E-state index is 4.51. The summed E-state index contributed by atoms with van der Waals surface area (Å²) in [6.45, 7) is 13.3. The number of hydrogen-bond acceptors (Lipinski definition) is 4. The van der Waals surface area contributed by atoms with E-state index in [0.29, 0.717) is 5.92 Å². The highest BCUT2D eigenvalue weighted by Crippen LogP contribution is 2.36. The highest BCUT2D eigenvalue weighted by atomic mass is 15.2. The van der Waals surface area contributed by atoms with Crippen LogP contribution in [0.25, 0.3) is 22.2 Å². The van der Waals surface area contributed by atoms with Gasteiger partial charge in [0.1, 0.15) is 5.82 Å². The number of nitrogens with one attached hydrogen (secondary N) is 1. The van der Waals surface area contributed by atoms with Crippen molar-refractivity contribution in [3.63, 3.8) is 0 Å². The molecule has 5 heteroatoms. The third-order valence-corrected chi connectivity index (χ3v) is 8.47. The first-order chi connectivity index (χ1) is 17.4. The third-order valence-electron chi connectivity index (χ3n) is 8.47. The molecule has 4 heterocycles. The normalized spacial score (nSPS) is 18.9. The van der Waals surface area contributed by atoms with Gasteiger partial charge >= 0.3 is 0 Å². The SMILES string of the molecule is CCc1c(-c2ccnc(N(C)C)c2)[nH]c2ccc(C3CCN(C4CCN(CC(C)C)CC4)CC3)cc12. The second kappa shape index (κ2) is 10.9. The van der Waals surface area contributed by atoms with Crippen LogP contribution >= 0.6 is 0 Å². The van der Waals surface area contributed by atoms with E-state index < -0.39 is 0 Å². The predicted molar refractivity (Wildman–Crippen MR) is 153 cm³/mol. The van der Waals surface area contributed by atoms with Crippen LogP contribution in [-0.4, -0.2) is 72.6 Å². The summed E-state index contributed by atoms with van der Waals surface area (Å²) in [6.07, 6.45) is 8.20. The molecule has 2 aromatic heterocycles. The molecular formula is C31H45N5. The lowest BCUT2D eigenvalue weighted by Crippen LogP contribution is -2.48. The van der Waals surface area contributed by atoms with Gasteiger partial charge in [0, 0.05) is 55.0 Å². The van der Waals surface area contributed by atoms with Crippen molar-refractivity contribution in [2.75, 3.05) is 51.7 Å². The first-order valence-electron chi connectivity index (χ1n) is 14.2. The summed E-state index contributed by atoms with van der Waals surface area (Å²) in [7, 11) is 4.09. The Morgan fingerprint density at radius 1 is 1.00 bits per heavy atom. The molecule has 2 saturated heterocycles. The standard InChI is InChI=1S/C31H45N5/c1-6-27-28-19-24(7-8-29(28)33-31(27)25-9-14-32-30(20-25)34(4)5)23-10-17-36(18-11-23)26-12-15-35(16-13-26)21-22(2)3/h7-9,14,19-20,22-23,26,33H,6,10-13,15-18,21H2,1-5H3. The number of aromatic nitrogens is 2. The van der Waals surface area contributed by atoms with Gasteiger partial charge in [-0.3, -0.25) is 0 Å². The van der Waals surface area contributed by atoms with Gasteiger partial charge in [-0.1, -0.05) is 26.8 Å². The van der Waals surface area contributed by atoms with Crippen molar-refractivity contribution in [2.45, 2.75) is 64.8 Å². The fourth-order valence-electron chi connectivity index (χ4n) is 6.53. The van der Waals surface area contributed by atoms with E-state index in [-0.39, 0.29) is 0 Å². The van der Waals surface area contributed by atoms with E-state index in [4.69, 9.17) is 0 Å². The van der Waals surface area contributed by atoms with E-state index in [1.165, 1.54) is 91.7 Å². The van der Waals surface area contributed by atoms with E-state index in [9.17, 15) is 0 Å². The number of pyridine rings is 1. The largest absolute Gasteiger partial charge is 0.363 e. The minimum atomic E-state index is 0.677. The Morgan fingerprint density at radius 2 is 1.75 bits per heavy atom. The number of hydrogen-bond donors (Lipinski definition) is 1. The van der Waals surface area contributed by atoms with Crippen LogP contribution in [-0.2, 0) is 6.42 Å². The number of rotatable bonds is 7. The lowest BCUT2D eigenvalue weighted by Gasteiger charge is -2.42. The molecule has 0 bridgehead atoms. The zero-order valence-electron chi connectivity index (χ0n) is 23.1. The van der Waals surface area contributed by atoms with Gasteiger partial charge in [-0.15, -0.1) is 0 Å². The van der Waals surface area contributed by atoms with E-state index in [0.717, 1.165) is 24.2 Å². The third kappa shape index (κ3) is 5.33. The Morgan fingerprint density at radius 3 is 2.42 bits per heavy atom. The van der Waals surface area contributed by atoms with Crippen molar-refractivity contribution in [3.8, 4) is 11.3 Å². The number of aryl methyl sites for hydroxylation is 1. The number of fused-ring (bicyclic) bond motifs is 1. The van der Waals surface area contributed by atoms with Crippen molar-refractivity contribution >= 4 is 16.7 Å². The molecular weight excluding hydrogens is 442 g/mol. The van der Waals surface area contributed by atoms with Crippen molar-refractivity contribution < 1.29 is 0 Å². The van der Waals surface area contributed by atoms with E-state index >= 15 is 0 Å². The van der Waals surface area contributed by atoms with Crippen LogP contribution in [0.4, 0.5) is 5.82 Å². The van der Waals surface area contributed by atoms with Crippen LogP contribution in [0.1, 0.15) is 63.5 Å². The fraction of sp³-hybridized carbons (Fsp3) is 0.581. The number of anilines is 1. The average Bonchev–Trinajstić information content (AvgIpc) is 3.27. The second-order valence-electron chi connectivity index (χ2n) is 11.7. The van der Waals surface area contributed by atoms with Crippen molar-refractivity contribution in [1.29, 1.82) is 0 Å². The van der Waals surface area contributed by atoms with Gasteiger partial charge in [0.15, 0.2) is 0 Å². The Hall–Kier alpha value is -2.37. The quantitative estimate of drug-likeness (QED) is 0.433. The summed E-state index contributed by atoms with van der Waals surface area (Å²) in [6, 6.07) is 12.3. The molecule has 194 valence electrons. The van der Waals surface area contributed by atoms with Gasteiger partial charge < -0.3 is 19.7 Å². The zero-order valence-corrected chi connectivity index (χ0v) is 23.1. The van der Waals surface area contributed by atoms with Gasteiger partial charge in [0.2, 0.25) is 0 Å². The number of likely N-dealkylation sites (tertiary alicyclic amines) is 2. The van der Waals surface area contributed by atoms with Crippen LogP contribution in [0, 0.1) is 5.92 Å². The minimum absolute atomic E-state index is 0.677. The number of aromatic amines is 1. The summed E-state index contributed by atoms with van der Waals surface area (Å²) in [4.78, 5) is 15.8. The molecule has 2 aliphatic rings. The molecule has 36 heavy (non-hydrogen) atoms. The minimum Gasteiger partial charge on any atom is -0.363 e. The van der Waals surface area contributed by atoms with Gasteiger partial charge in [-0.05, 0) is 106 Å². The molecule has 0 aliphatic carbocycles. The average molecular weight is 488 g/mol. The fourth-order valence-corrected chi connectivity index (χ4v) is 6.53. The molecule has 0 spiro atoms. The number of piperidine rings is 2. The smallest absolute Gasteiger partial charge is 0.128 e. The Balaban J connectivity index is 1.28. The Bertz CT molecular complexity index is 1150. The van der Waals surface area contributed by atoms with E-state index in [1.807, 2.05) is 20.3 Å². The lowest BCUT2D eigenvalue weighted by atomic mass is 9.87. The monoisotopic (exact) mass is 487 g/mol. The van der Waals surface area contributed by atoms with Crippen LogP contribution in [0.15, 0.2) is 36.5 Å². The van der Waals surface area contributed by atoms with E-state index in [2.05, 4.69) is 75.8 Å². The van der Waals surface area contributed by atoms with E-state index in [1.54, 1.807) is 0 Å². The zero-order chi connectivity index (χ0) is 25.2. The van der Waals surface area contributed by atoms with Crippen LogP contribution in [0.3, 0.4) is 0 Å². The number of H-pyrrole nitrogens is 1. The number of benzene rings is 1. The van der Waals surface area contributed by atoms with Crippen molar-refractivity contribution in [3.05, 3.63) is 47.7 Å². The van der Waals surface area contributed by atoms with Crippen LogP contribution in [0.2, 0.25) is 0 Å². The molecule has 2 fully saturated rings. The summed E-state index contributed by atoms with van der Waals surface area (Å²) in [5, 5.41) is 1.40. The van der Waals surface area contributed by atoms with Gasteiger partial charge in [0.05, 0.1) is 0 Å². The first kappa shape index (κ1) is 25.3. The molecule has 1 N–H and O–H groups in total. The van der Waals surface area contributed by atoms with Crippen LogP contribution in [0.5, 0.6) is 0 Å². The predicted octanol–water partition coefficient (Wildman–Crippen LogP) is 6.16. The summed E-state index contributed by atoms with van der Waals surface area (Å²) in [5.41, 5.74) is 6.66. The van der Waals surface area contributed by atoms with Crippen molar-refractivity contribution in [1.82, 2.24) is 19.8 Å². The molecule has 0 amide bonds. The Labute approximate surface area is 217 Å². The molecule has 2 aliphatic heterocycles. The molecule has 0 atom stereocenters. The number of nitrogens with zero attached hydrogens (tertiary/aromatic N) is 4. The molecule has 1 aromatic carbocycles. The Kier molecular flexibility index (Phi) is 7.68. The second-order valence-corrected chi connectivity index (χ2v) is 11.7. The maximum Gasteiger partial charge on any atom is 0.128 e. The molecule has 5 nitrogen and oxygen atoms in total. The molecule has 3 aromatic rings. The summed E-state index contributed by atoms with van der Waals surface area (Å²) in [5.74, 6) is 2.45. The highest BCUT2D eigenvalue weighted by molar-refractivity contribution is 5.91. The van der Waals surface area contributed by atoms with Gasteiger partial charge in [0.25, 0.3) is 0 Å². The molecule has 5 rings (SSSR count). The topological polar surface area (TPSA) is 38.4 Å². The molecule has 0 saturated carbocycles.